The molecule has 3 aromatic carbocycles. The molecule has 4 rings (SSSR count). The number of halogens is 3. The van der Waals surface area contributed by atoms with Crippen LogP contribution in [0.5, 0.6) is 0 Å². The summed E-state index contributed by atoms with van der Waals surface area (Å²) in [6.07, 6.45) is -2.82. The molecule has 0 spiro atoms. The van der Waals surface area contributed by atoms with Gasteiger partial charge in [-0.3, -0.25) is 4.98 Å². The SMILES string of the molecule is Cc1cc(C)cc(-c2nccc3c(C)c(C(F)(F)F)c4ccccc4c23)c1. The average Bonchev–Trinajstić information content (AvgIpc) is 2.59. The van der Waals surface area contributed by atoms with Crippen LogP contribution < -0.4 is 0 Å². The second kappa shape index (κ2) is 6.08. The molecule has 0 aliphatic carbocycles. The summed E-state index contributed by atoms with van der Waals surface area (Å²) in [5.74, 6) is 0. The van der Waals surface area contributed by atoms with Crippen LogP contribution >= 0.6 is 0 Å². The molecule has 0 atom stereocenters. The summed E-state index contributed by atoms with van der Waals surface area (Å²) in [7, 11) is 0. The maximum Gasteiger partial charge on any atom is 0.417 e. The summed E-state index contributed by atoms with van der Waals surface area (Å²) in [6, 6.07) is 14.5. The highest BCUT2D eigenvalue weighted by atomic mass is 19.4. The van der Waals surface area contributed by atoms with Crippen molar-refractivity contribution in [3.05, 3.63) is 77.0 Å². The standard InChI is InChI=1S/C23H18F3N/c1-13-10-14(2)12-16(11-13)22-20-17(8-9-27-22)15(3)21(23(24,25)26)19-7-5-4-6-18(19)20/h4-12H,1-3H3. The van der Waals surface area contributed by atoms with Crippen molar-refractivity contribution in [2.24, 2.45) is 0 Å². The van der Waals surface area contributed by atoms with Gasteiger partial charge in [0, 0.05) is 17.1 Å². The van der Waals surface area contributed by atoms with Gasteiger partial charge in [-0.2, -0.15) is 13.2 Å². The second-order valence-electron chi connectivity index (χ2n) is 7.00. The van der Waals surface area contributed by atoms with Gasteiger partial charge < -0.3 is 0 Å². The topological polar surface area (TPSA) is 12.9 Å². The maximum absolute atomic E-state index is 13.8. The zero-order valence-corrected chi connectivity index (χ0v) is 15.3. The fourth-order valence-corrected chi connectivity index (χ4v) is 4.00. The molecule has 0 N–H and O–H groups in total. The first-order chi connectivity index (χ1) is 12.8. The number of pyridine rings is 1. The average molecular weight is 365 g/mol. The van der Waals surface area contributed by atoms with Crippen LogP contribution in [0.4, 0.5) is 13.2 Å². The minimum absolute atomic E-state index is 0.216. The first-order valence-electron chi connectivity index (χ1n) is 8.73. The van der Waals surface area contributed by atoms with E-state index in [4.69, 9.17) is 0 Å². The third-order valence-electron chi connectivity index (χ3n) is 4.97. The molecule has 0 saturated carbocycles. The summed E-state index contributed by atoms with van der Waals surface area (Å²) >= 11 is 0. The molecule has 0 fully saturated rings. The van der Waals surface area contributed by atoms with Gasteiger partial charge in [-0.1, -0.05) is 41.5 Å². The molecule has 0 aliphatic heterocycles. The second-order valence-corrected chi connectivity index (χ2v) is 7.00. The number of aryl methyl sites for hydroxylation is 3. The molecule has 27 heavy (non-hydrogen) atoms. The van der Waals surface area contributed by atoms with E-state index in [1.807, 2.05) is 26.0 Å². The molecule has 0 unspecified atom stereocenters. The molecule has 1 aromatic heterocycles. The van der Waals surface area contributed by atoms with Crippen LogP contribution in [0.2, 0.25) is 0 Å². The largest absolute Gasteiger partial charge is 0.417 e. The van der Waals surface area contributed by atoms with Gasteiger partial charge in [-0.25, -0.2) is 0 Å². The van der Waals surface area contributed by atoms with Gasteiger partial charge >= 0.3 is 6.18 Å². The van der Waals surface area contributed by atoms with Crippen molar-refractivity contribution >= 4 is 21.5 Å². The van der Waals surface area contributed by atoms with Crippen LogP contribution in [-0.4, -0.2) is 4.98 Å². The minimum Gasteiger partial charge on any atom is -0.256 e. The van der Waals surface area contributed by atoms with Gasteiger partial charge in [0.15, 0.2) is 0 Å². The fraction of sp³-hybridized carbons (Fsp3) is 0.174. The molecule has 0 radical (unpaired) electrons. The van der Waals surface area contributed by atoms with E-state index in [0.29, 0.717) is 16.5 Å². The monoisotopic (exact) mass is 365 g/mol. The first-order valence-corrected chi connectivity index (χ1v) is 8.73. The van der Waals surface area contributed by atoms with Gasteiger partial charge in [0.1, 0.15) is 0 Å². The van der Waals surface area contributed by atoms with Crippen LogP contribution in [0.25, 0.3) is 32.8 Å². The van der Waals surface area contributed by atoms with Crippen LogP contribution in [0.15, 0.2) is 54.7 Å². The predicted octanol–water partition coefficient (Wildman–Crippen LogP) is 7.00. The first kappa shape index (κ1) is 17.5. The van der Waals surface area contributed by atoms with Crippen LogP contribution in [0.1, 0.15) is 22.3 Å². The Morgan fingerprint density at radius 2 is 1.41 bits per heavy atom. The quantitative estimate of drug-likeness (QED) is 0.331. The van der Waals surface area contributed by atoms with E-state index in [1.54, 1.807) is 43.5 Å². The Balaban J connectivity index is 2.22. The van der Waals surface area contributed by atoms with E-state index in [0.717, 1.165) is 22.1 Å². The van der Waals surface area contributed by atoms with Gasteiger partial charge in [0.05, 0.1) is 11.3 Å². The van der Waals surface area contributed by atoms with Crippen molar-refractivity contribution in [3.8, 4) is 11.3 Å². The predicted molar refractivity (Wildman–Crippen MR) is 104 cm³/mol. The Hall–Kier alpha value is -2.88. The number of rotatable bonds is 1. The van der Waals surface area contributed by atoms with E-state index in [1.165, 1.54) is 0 Å². The summed E-state index contributed by atoms with van der Waals surface area (Å²) in [4.78, 5) is 4.56. The molecule has 0 amide bonds. The van der Waals surface area contributed by atoms with E-state index < -0.39 is 11.7 Å². The minimum atomic E-state index is -4.42. The maximum atomic E-state index is 13.8. The van der Waals surface area contributed by atoms with Gasteiger partial charge in [0.25, 0.3) is 0 Å². The lowest BCUT2D eigenvalue weighted by Crippen LogP contribution is -2.09. The Morgan fingerprint density at radius 1 is 0.778 bits per heavy atom. The molecule has 0 saturated heterocycles. The number of aromatic nitrogens is 1. The summed E-state index contributed by atoms with van der Waals surface area (Å²) in [6.45, 7) is 5.56. The number of fused-ring (bicyclic) bond motifs is 3. The normalized spacial score (nSPS) is 12.1. The number of hydrogen-bond donors (Lipinski definition) is 0. The Morgan fingerprint density at radius 3 is 2.04 bits per heavy atom. The molecular weight excluding hydrogens is 347 g/mol. The molecule has 0 bridgehead atoms. The van der Waals surface area contributed by atoms with E-state index in [9.17, 15) is 13.2 Å². The Kier molecular flexibility index (Phi) is 3.95. The van der Waals surface area contributed by atoms with Crippen molar-refractivity contribution in [2.45, 2.75) is 26.9 Å². The highest BCUT2D eigenvalue weighted by Gasteiger charge is 2.35. The van der Waals surface area contributed by atoms with Crippen LogP contribution in [0.3, 0.4) is 0 Å². The lowest BCUT2D eigenvalue weighted by atomic mass is 9.90. The zero-order chi connectivity index (χ0) is 19.3. The van der Waals surface area contributed by atoms with Crippen molar-refractivity contribution in [1.82, 2.24) is 4.98 Å². The van der Waals surface area contributed by atoms with E-state index in [2.05, 4.69) is 11.1 Å². The Bertz CT molecular complexity index is 1170. The third kappa shape index (κ3) is 2.85. The van der Waals surface area contributed by atoms with Crippen molar-refractivity contribution in [2.75, 3.05) is 0 Å². The summed E-state index contributed by atoms with van der Waals surface area (Å²) in [5, 5.41) is 2.15. The lowest BCUT2D eigenvalue weighted by molar-refractivity contribution is -0.136. The zero-order valence-electron chi connectivity index (χ0n) is 15.3. The number of alkyl halides is 3. The van der Waals surface area contributed by atoms with Crippen molar-refractivity contribution in [3.63, 3.8) is 0 Å². The lowest BCUT2D eigenvalue weighted by Gasteiger charge is -2.19. The molecule has 0 aliphatic rings. The third-order valence-corrected chi connectivity index (χ3v) is 4.97. The molecule has 4 heteroatoms. The van der Waals surface area contributed by atoms with Crippen LogP contribution in [-0.2, 0) is 6.18 Å². The molecule has 1 heterocycles. The summed E-state index contributed by atoms with van der Waals surface area (Å²) < 4.78 is 41.5. The molecule has 4 aromatic rings. The van der Waals surface area contributed by atoms with Crippen LogP contribution in [0, 0.1) is 20.8 Å². The number of nitrogens with zero attached hydrogens (tertiary/aromatic N) is 1. The number of hydrogen-bond acceptors (Lipinski definition) is 1. The highest BCUT2D eigenvalue weighted by molar-refractivity contribution is 6.16. The van der Waals surface area contributed by atoms with Gasteiger partial charge in [-0.15, -0.1) is 0 Å². The van der Waals surface area contributed by atoms with E-state index in [-0.39, 0.29) is 10.9 Å². The highest BCUT2D eigenvalue weighted by Crippen LogP contribution is 2.43. The summed E-state index contributed by atoms with van der Waals surface area (Å²) in [5.41, 5.74) is 3.50. The number of benzene rings is 3. The molecular formula is C23H18F3N. The molecule has 1 nitrogen and oxygen atoms in total. The van der Waals surface area contributed by atoms with Gasteiger partial charge in [-0.05, 0) is 60.7 Å². The van der Waals surface area contributed by atoms with Crippen molar-refractivity contribution in [1.29, 1.82) is 0 Å². The van der Waals surface area contributed by atoms with Gasteiger partial charge in [0.2, 0.25) is 0 Å². The van der Waals surface area contributed by atoms with E-state index >= 15 is 0 Å². The smallest absolute Gasteiger partial charge is 0.256 e. The van der Waals surface area contributed by atoms with Crippen molar-refractivity contribution < 1.29 is 13.2 Å². The fourth-order valence-electron chi connectivity index (χ4n) is 4.00. The Labute approximate surface area is 155 Å². The molecule has 136 valence electrons.